The number of aromatic amines is 1. The third-order valence-corrected chi connectivity index (χ3v) is 3.00. The number of esters is 1. The van der Waals surface area contributed by atoms with Crippen molar-refractivity contribution in [2.24, 2.45) is 10.4 Å². The van der Waals surface area contributed by atoms with Crippen LogP contribution >= 0.6 is 0 Å². The second kappa shape index (κ2) is 5.55. The van der Waals surface area contributed by atoms with E-state index in [0.29, 0.717) is 6.29 Å². The lowest BCUT2D eigenvalue weighted by molar-refractivity contribution is -0.157. The van der Waals surface area contributed by atoms with E-state index in [1.807, 2.05) is 0 Å². The Hall–Kier alpha value is -2.77. The molecule has 0 fully saturated rings. The molecule has 0 saturated carbocycles. The van der Waals surface area contributed by atoms with Crippen LogP contribution in [0.1, 0.15) is 31.1 Å². The molecule has 0 unspecified atom stereocenters. The minimum atomic E-state index is -0.694. The molecule has 2 heterocycles. The molecule has 8 nitrogen and oxygen atoms in total. The zero-order valence-corrected chi connectivity index (χ0v) is 12.5. The molecule has 0 bridgehead atoms. The quantitative estimate of drug-likeness (QED) is 0.522. The van der Waals surface area contributed by atoms with Gasteiger partial charge in [-0.1, -0.05) is 0 Å². The van der Waals surface area contributed by atoms with Gasteiger partial charge in [-0.2, -0.15) is 0 Å². The molecule has 0 aliphatic heterocycles. The van der Waals surface area contributed by atoms with Crippen LogP contribution in [0.15, 0.2) is 16.0 Å². The highest BCUT2D eigenvalue weighted by Gasteiger charge is 2.24. The minimum Gasteiger partial charge on any atom is -0.443 e. The molecular weight excluding hydrogens is 288 g/mol. The Morgan fingerprint density at radius 1 is 1.55 bits per heavy atom. The van der Waals surface area contributed by atoms with Crippen LogP contribution in [0.2, 0.25) is 0 Å². The zero-order valence-electron chi connectivity index (χ0n) is 12.5. The molecule has 0 aliphatic carbocycles. The number of rotatable bonds is 4. The first-order chi connectivity index (χ1) is 10.3. The maximum atomic E-state index is 12.4. The lowest BCUT2D eigenvalue weighted by Crippen LogP contribution is -2.28. The number of hydrogen-bond acceptors (Lipinski definition) is 6. The van der Waals surface area contributed by atoms with Crippen LogP contribution in [0.3, 0.4) is 0 Å². The first-order valence-electron chi connectivity index (χ1n) is 6.50. The molecule has 0 aliphatic rings. The van der Waals surface area contributed by atoms with Crippen molar-refractivity contribution in [2.75, 3.05) is 0 Å². The van der Waals surface area contributed by atoms with Crippen molar-refractivity contribution in [3.8, 4) is 0 Å². The zero-order chi connectivity index (χ0) is 16.5. The van der Waals surface area contributed by atoms with Gasteiger partial charge < -0.3 is 9.72 Å². The first kappa shape index (κ1) is 15.6. The summed E-state index contributed by atoms with van der Waals surface area (Å²) in [6.45, 7) is 8.12. The standard InChI is InChI=1S/C14H16N4O4/c1-14(2,3)12(21)22-7-18-11(20)10-9(17-13(18)15-4)8(6-19)5-16-10/h5-6,16H,4,7H2,1-3H3. The summed E-state index contributed by atoms with van der Waals surface area (Å²) in [6.07, 6.45) is 1.96. The van der Waals surface area contributed by atoms with Crippen molar-refractivity contribution in [3.05, 3.63) is 22.1 Å². The number of aromatic nitrogens is 3. The molecule has 0 radical (unpaired) electrons. The van der Waals surface area contributed by atoms with Crippen LogP contribution in [0.5, 0.6) is 0 Å². The van der Waals surface area contributed by atoms with Crippen molar-refractivity contribution in [1.82, 2.24) is 14.5 Å². The lowest BCUT2D eigenvalue weighted by atomic mass is 9.98. The van der Waals surface area contributed by atoms with E-state index < -0.39 is 16.9 Å². The largest absolute Gasteiger partial charge is 0.443 e. The van der Waals surface area contributed by atoms with Gasteiger partial charge in [-0.3, -0.25) is 14.4 Å². The molecular formula is C14H16N4O4. The Balaban J connectivity index is 2.48. The number of carbonyl (C=O) groups excluding carboxylic acids is 2. The number of H-pyrrole nitrogens is 1. The van der Waals surface area contributed by atoms with Gasteiger partial charge in [0, 0.05) is 6.20 Å². The summed E-state index contributed by atoms with van der Waals surface area (Å²) in [7, 11) is 0. The summed E-state index contributed by atoms with van der Waals surface area (Å²) in [5, 5.41) is 0. The monoisotopic (exact) mass is 304 g/mol. The summed E-state index contributed by atoms with van der Waals surface area (Å²) in [6, 6.07) is 0. The van der Waals surface area contributed by atoms with Gasteiger partial charge in [-0.25, -0.2) is 14.5 Å². The van der Waals surface area contributed by atoms with Crippen LogP contribution in [-0.2, 0) is 16.3 Å². The van der Waals surface area contributed by atoms with Crippen LogP contribution in [0.25, 0.3) is 11.0 Å². The first-order valence-corrected chi connectivity index (χ1v) is 6.50. The van der Waals surface area contributed by atoms with E-state index in [-0.39, 0.29) is 29.3 Å². The van der Waals surface area contributed by atoms with Crippen LogP contribution in [-0.4, -0.2) is 33.5 Å². The fraction of sp³-hybridized carbons (Fsp3) is 0.357. The third-order valence-electron chi connectivity index (χ3n) is 3.00. The topological polar surface area (TPSA) is 106 Å². The molecule has 2 aromatic rings. The van der Waals surface area contributed by atoms with E-state index in [1.54, 1.807) is 20.8 Å². The molecule has 116 valence electrons. The maximum Gasteiger partial charge on any atom is 0.312 e. The van der Waals surface area contributed by atoms with Crippen LogP contribution < -0.4 is 5.56 Å². The predicted octanol–water partition coefficient (Wildman–Crippen LogP) is 1.42. The van der Waals surface area contributed by atoms with Gasteiger partial charge in [0.2, 0.25) is 5.95 Å². The summed E-state index contributed by atoms with van der Waals surface area (Å²) in [5.41, 5.74) is -0.597. The van der Waals surface area contributed by atoms with Crippen molar-refractivity contribution >= 4 is 36.0 Å². The van der Waals surface area contributed by atoms with E-state index >= 15 is 0 Å². The molecule has 2 rings (SSSR count). The molecule has 0 spiro atoms. The summed E-state index contributed by atoms with van der Waals surface area (Å²) in [5.74, 6) is -0.489. The third kappa shape index (κ3) is 2.67. The van der Waals surface area contributed by atoms with E-state index in [1.165, 1.54) is 6.20 Å². The molecule has 2 aromatic heterocycles. The molecule has 0 aromatic carbocycles. The second-order valence-electron chi connectivity index (χ2n) is 5.70. The van der Waals surface area contributed by atoms with E-state index in [4.69, 9.17) is 4.74 Å². The summed E-state index contributed by atoms with van der Waals surface area (Å²) >= 11 is 0. The molecule has 0 amide bonds. The lowest BCUT2D eigenvalue weighted by Gasteiger charge is -2.17. The Morgan fingerprint density at radius 2 is 2.23 bits per heavy atom. The molecule has 22 heavy (non-hydrogen) atoms. The van der Waals surface area contributed by atoms with E-state index in [9.17, 15) is 14.4 Å². The Kier molecular flexibility index (Phi) is 3.94. The van der Waals surface area contributed by atoms with Gasteiger partial charge in [0.1, 0.15) is 11.0 Å². The van der Waals surface area contributed by atoms with Crippen molar-refractivity contribution in [3.63, 3.8) is 0 Å². The normalized spacial score (nSPS) is 11.4. The van der Waals surface area contributed by atoms with Gasteiger partial charge >= 0.3 is 5.97 Å². The number of aldehydes is 1. The average Bonchev–Trinajstić information content (AvgIpc) is 2.87. The SMILES string of the molecule is C=Nc1nc2c(C=O)c[nH]c2c(=O)n1COC(=O)C(C)(C)C. The second-order valence-corrected chi connectivity index (χ2v) is 5.70. The molecule has 0 atom stereocenters. The Morgan fingerprint density at radius 3 is 2.77 bits per heavy atom. The van der Waals surface area contributed by atoms with Crippen LogP contribution in [0, 0.1) is 5.41 Å². The van der Waals surface area contributed by atoms with Gasteiger partial charge in [-0.15, -0.1) is 0 Å². The number of nitrogens with zero attached hydrogens (tertiary/aromatic N) is 3. The highest BCUT2D eigenvalue weighted by atomic mass is 16.5. The molecule has 1 N–H and O–H groups in total. The van der Waals surface area contributed by atoms with Crippen molar-refractivity contribution < 1.29 is 14.3 Å². The van der Waals surface area contributed by atoms with Crippen LogP contribution in [0.4, 0.5) is 5.95 Å². The van der Waals surface area contributed by atoms with Crippen molar-refractivity contribution in [1.29, 1.82) is 0 Å². The number of ether oxygens (including phenoxy) is 1. The Bertz CT molecular complexity index is 811. The summed E-state index contributed by atoms with van der Waals surface area (Å²) in [4.78, 5) is 45.6. The smallest absolute Gasteiger partial charge is 0.312 e. The minimum absolute atomic E-state index is 0.0260. The number of aliphatic imine (C=N–C) groups is 1. The van der Waals surface area contributed by atoms with E-state index in [2.05, 4.69) is 21.7 Å². The van der Waals surface area contributed by atoms with Gasteiger partial charge in [0.25, 0.3) is 5.56 Å². The number of nitrogens with one attached hydrogen (secondary N) is 1. The average molecular weight is 304 g/mol. The predicted molar refractivity (Wildman–Crippen MR) is 80.5 cm³/mol. The number of fused-ring (bicyclic) bond motifs is 1. The number of hydrogen-bond donors (Lipinski definition) is 1. The fourth-order valence-corrected chi connectivity index (χ4v) is 1.77. The van der Waals surface area contributed by atoms with Gasteiger partial charge in [0.05, 0.1) is 11.0 Å². The fourth-order valence-electron chi connectivity index (χ4n) is 1.77. The van der Waals surface area contributed by atoms with Gasteiger partial charge in [0.15, 0.2) is 13.0 Å². The highest BCUT2D eigenvalue weighted by molar-refractivity contribution is 5.94. The maximum absolute atomic E-state index is 12.4. The molecule has 0 saturated heterocycles. The number of carbonyl (C=O) groups is 2. The Labute approximate surface area is 125 Å². The highest BCUT2D eigenvalue weighted by Crippen LogP contribution is 2.18. The molecule has 8 heteroatoms. The van der Waals surface area contributed by atoms with Gasteiger partial charge in [-0.05, 0) is 27.5 Å². The van der Waals surface area contributed by atoms with E-state index in [0.717, 1.165) is 4.57 Å². The van der Waals surface area contributed by atoms with Crippen molar-refractivity contribution in [2.45, 2.75) is 27.5 Å². The summed E-state index contributed by atoms with van der Waals surface area (Å²) < 4.78 is 6.18.